The van der Waals surface area contributed by atoms with Crippen molar-refractivity contribution in [2.45, 2.75) is 0 Å². The Bertz CT molecular complexity index is 900. The lowest BCUT2D eigenvalue weighted by Gasteiger charge is -2.05. The number of halogens is 1. The van der Waals surface area contributed by atoms with E-state index in [4.69, 9.17) is 11.6 Å². The van der Waals surface area contributed by atoms with Crippen molar-refractivity contribution in [3.63, 3.8) is 0 Å². The fourth-order valence-electron chi connectivity index (χ4n) is 1.87. The van der Waals surface area contributed by atoms with E-state index in [1.165, 1.54) is 23.8 Å². The monoisotopic (exact) mass is 373 g/mol. The minimum Gasteiger partial charge on any atom is -0.726 e. The lowest BCUT2D eigenvalue weighted by Crippen LogP contribution is -2.79. The van der Waals surface area contributed by atoms with E-state index in [1.807, 2.05) is 0 Å². The first kappa shape index (κ1) is 18.2. The van der Waals surface area contributed by atoms with Crippen molar-refractivity contribution in [3.05, 3.63) is 40.5 Å². The zero-order valence-electron chi connectivity index (χ0n) is 12.0. The first-order valence-electron chi connectivity index (χ1n) is 6.55. The number of quaternary nitrogens is 1. The van der Waals surface area contributed by atoms with Gasteiger partial charge in [-0.25, -0.2) is 23.6 Å². The van der Waals surface area contributed by atoms with Crippen LogP contribution in [0.4, 0.5) is 0 Å². The highest BCUT2D eigenvalue weighted by molar-refractivity contribution is 7.80. The predicted octanol–water partition coefficient (Wildman–Crippen LogP) is -0.0395. The van der Waals surface area contributed by atoms with E-state index < -0.39 is 16.4 Å². The smallest absolute Gasteiger partial charge is 0.336 e. The van der Waals surface area contributed by atoms with Gasteiger partial charge in [-0.05, 0) is 18.2 Å². The Kier molecular flexibility index (Phi) is 5.80. The van der Waals surface area contributed by atoms with E-state index in [0.29, 0.717) is 15.9 Å². The second kappa shape index (κ2) is 7.64. The van der Waals surface area contributed by atoms with Crippen LogP contribution in [-0.2, 0) is 14.6 Å². The molecule has 9 nitrogen and oxygen atoms in total. The van der Waals surface area contributed by atoms with Gasteiger partial charge in [0.1, 0.15) is 19.4 Å². The number of hydrogen-bond donors (Lipinski definition) is 2. The Morgan fingerprint density at radius 2 is 2.21 bits per heavy atom. The first-order valence-corrected chi connectivity index (χ1v) is 8.26. The molecule has 0 aliphatic heterocycles. The third-order valence-corrected chi connectivity index (χ3v) is 3.50. The molecule has 1 aromatic heterocycles. The molecule has 128 valence electrons. The van der Waals surface area contributed by atoms with Crippen LogP contribution in [0.1, 0.15) is 16.1 Å². The van der Waals surface area contributed by atoms with Crippen LogP contribution >= 0.6 is 11.6 Å². The number of pyridine rings is 1. The normalized spacial score (nSPS) is 12.1. The molecule has 1 aromatic carbocycles. The Morgan fingerprint density at radius 1 is 1.46 bits per heavy atom. The Morgan fingerprint density at radius 3 is 2.88 bits per heavy atom. The van der Waals surface area contributed by atoms with Crippen LogP contribution in [0.2, 0.25) is 5.02 Å². The lowest BCUT2D eigenvalue weighted by molar-refractivity contribution is -0.661. The fraction of sp³-hybridized carbons (Fsp3) is 0.154. The molecule has 0 saturated heterocycles. The van der Waals surface area contributed by atoms with Gasteiger partial charge in [-0.1, -0.05) is 22.8 Å². The number of carboxylic acid groups (broad SMARTS) is 1. The van der Waals surface area contributed by atoms with Crippen LogP contribution < -0.4 is 5.43 Å². The number of hydrogen-bond acceptors (Lipinski definition) is 7. The van der Waals surface area contributed by atoms with Crippen molar-refractivity contribution in [2.75, 3.05) is 13.2 Å². The van der Waals surface area contributed by atoms with Gasteiger partial charge in [-0.15, -0.1) is 0 Å². The highest BCUT2D eigenvalue weighted by Gasteiger charge is 2.11. The van der Waals surface area contributed by atoms with Crippen LogP contribution in [0.5, 0.6) is 0 Å². The molecule has 0 fully saturated rings. The molecule has 3 N–H and O–H groups in total. The number of nitrogens with two attached hydrogens (primary N) is 1. The summed E-state index contributed by atoms with van der Waals surface area (Å²) < 4.78 is 34.7. The van der Waals surface area contributed by atoms with Crippen molar-refractivity contribution < 1.29 is 32.5 Å². The average molecular weight is 374 g/mol. The summed E-state index contributed by atoms with van der Waals surface area (Å²) in [5.41, 5.74) is 2.06. The molecule has 0 bridgehead atoms. The predicted molar refractivity (Wildman–Crippen MR) is 83.7 cm³/mol. The molecule has 2 rings (SSSR count). The molecule has 0 aliphatic carbocycles. The molecule has 2 aromatic rings. The molecule has 0 unspecified atom stereocenters. The van der Waals surface area contributed by atoms with Gasteiger partial charge >= 0.3 is 5.97 Å². The van der Waals surface area contributed by atoms with Gasteiger partial charge in [-0.3, -0.25) is 4.18 Å². The molecule has 1 heterocycles. The second-order valence-electron chi connectivity index (χ2n) is 4.54. The van der Waals surface area contributed by atoms with Crippen LogP contribution in [0.25, 0.3) is 10.9 Å². The zero-order valence-corrected chi connectivity index (χ0v) is 13.6. The summed E-state index contributed by atoms with van der Waals surface area (Å²) in [5.74, 6) is -1.11. The Balaban J connectivity index is 2.14. The van der Waals surface area contributed by atoms with Crippen molar-refractivity contribution >= 4 is 45.1 Å². The second-order valence-corrected chi connectivity index (χ2v) is 6.03. The molecule has 0 saturated carbocycles. The first-order chi connectivity index (χ1) is 11.3. The largest absolute Gasteiger partial charge is 0.726 e. The SMILES string of the molecule is O=C(O)c1cc(/C=N/[NH2+]CCOS(=O)(=O)[O-])nc2cc(Cl)ccc12. The van der Waals surface area contributed by atoms with Crippen LogP contribution in [0, 0.1) is 0 Å². The lowest BCUT2D eigenvalue weighted by atomic mass is 10.1. The van der Waals surface area contributed by atoms with Crippen molar-refractivity contribution in [1.29, 1.82) is 0 Å². The third-order valence-electron chi connectivity index (χ3n) is 2.81. The van der Waals surface area contributed by atoms with E-state index in [2.05, 4.69) is 14.3 Å². The standard InChI is InChI=1S/C13H12ClN3O6S/c14-8-1-2-10-11(13(18)19)6-9(17-12(10)5-8)7-16-15-3-4-23-24(20,21)22/h1-2,5-7,15H,3-4H2,(H,18,19)(H,20,21,22)/b16-7+. The van der Waals surface area contributed by atoms with Gasteiger partial charge in [0.15, 0.2) is 0 Å². The molecular weight excluding hydrogens is 362 g/mol. The van der Waals surface area contributed by atoms with Gasteiger partial charge in [0, 0.05) is 10.4 Å². The number of benzene rings is 1. The van der Waals surface area contributed by atoms with Gasteiger partial charge in [-0.2, -0.15) is 0 Å². The van der Waals surface area contributed by atoms with Gasteiger partial charge in [0.2, 0.25) is 10.4 Å². The minimum absolute atomic E-state index is 0.0545. The van der Waals surface area contributed by atoms with E-state index in [0.717, 1.165) is 0 Å². The summed E-state index contributed by atoms with van der Waals surface area (Å²) >= 11 is 5.89. The van der Waals surface area contributed by atoms with Gasteiger partial charge < -0.3 is 9.66 Å². The number of fused-ring (bicyclic) bond motifs is 1. The minimum atomic E-state index is -4.72. The fourth-order valence-corrected chi connectivity index (χ4v) is 2.34. The van der Waals surface area contributed by atoms with Crippen LogP contribution in [0.15, 0.2) is 29.4 Å². The maximum Gasteiger partial charge on any atom is 0.336 e. The van der Waals surface area contributed by atoms with Crippen molar-refractivity contribution in [2.24, 2.45) is 5.10 Å². The highest BCUT2D eigenvalue weighted by Crippen LogP contribution is 2.21. The highest BCUT2D eigenvalue weighted by atomic mass is 35.5. The number of nitrogens with zero attached hydrogens (tertiary/aromatic N) is 2. The van der Waals surface area contributed by atoms with E-state index in [1.54, 1.807) is 12.1 Å². The maximum atomic E-state index is 11.3. The number of carboxylic acids is 1. The topological polar surface area (TPSA) is 146 Å². The van der Waals surface area contributed by atoms with Crippen molar-refractivity contribution in [1.82, 2.24) is 4.98 Å². The number of rotatable bonds is 7. The summed E-state index contributed by atoms with van der Waals surface area (Å²) in [6.07, 6.45) is 1.30. The average Bonchev–Trinajstić information content (AvgIpc) is 2.48. The Hall–Kier alpha value is -2.11. The van der Waals surface area contributed by atoms with E-state index >= 15 is 0 Å². The summed E-state index contributed by atoms with van der Waals surface area (Å²) in [5, 5.41) is 14.0. The number of aromatic carboxylic acids is 1. The summed E-state index contributed by atoms with van der Waals surface area (Å²) in [7, 11) is -4.72. The molecule has 24 heavy (non-hydrogen) atoms. The molecule has 11 heteroatoms. The molecule has 0 atom stereocenters. The number of carbonyl (C=O) groups is 1. The number of aromatic nitrogens is 1. The molecular formula is C13H12ClN3O6S. The van der Waals surface area contributed by atoms with Crippen LogP contribution in [-0.4, -0.2) is 48.4 Å². The summed E-state index contributed by atoms with van der Waals surface area (Å²) in [4.78, 5) is 15.6. The van der Waals surface area contributed by atoms with E-state index in [-0.39, 0.29) is 24.4 Å². The van der Waals surface area contributed by atoms with Crippen LogP contribution in [0.3, 0.4) is 0 Å². The quantitative estimate of drug-likeness (QED) is 0.173. The van der Waals surface area contributed by atoms with E-state index in [9.17, 15) is 22.9 Å². The summed E-state index contributed by atoms with van der Waals surface area (Å²) in [6.45, 7) is -0.243. The molecule has 0 aliphatic rings. The maximum absolute atomic E-state index is 11.3. The summed E-state index contributed by atoms with van der Waals surface area (Å²) in [6, 6.07) is 6.04. The zero-order chi connectivity index (χ0) is 17.7. The molecule has 0 amide bonds. The van der Waals surface area contributed by atoms with Crippen molar-refractivity contribution in [3.8, 4) is 0 Å². The van der Waals surface area contributed by atoms with Gasteiger partial charge in [0.05, 0.1) is 16.8 Å². The molecule has 0 spiro atoms. The Labute approximate surface area is 141 Å². The van der Waals surface area contributed by atoms with Gasteiger partial charge in [0.25, 0.3) is 0 Å². The molecule has 0 radical (unpaired) electrons. The third kappa shape index (κ3) is 5.22.